The molecular formula is C9H13NO2S. The molecule has 3 nitrogen and oxygen atoms in total. The topological polar surface area (TPSA) is 39.2 Å². The van der Waals surface area contributed by atoms with E-state index in [1.54, 1.807) is 11.3 Å². The highest BCUT2D eigenvalue weighted by Gasteiger charge is 2.16. The zero-order valence-electron chi connectivity index (χ0n) is 8.09. The van der Waals surface area contributed by atoms with E-state index in [-0.39, 0.29) is 5.97 Å². The molecule has 0 aromatic carbocycles. The molecule has 72 valence electrons. The summed E-state index contributed by atoms with van der Waals surface area (Å²) in [5, 5.41) is 0.997. The molecule has 0 unspecified atom stereocenters. The van der Waals surface area contributed by atoms with Gasteiger partial charge in [0.1, 0.15) is 0 Å². The molecule has 1 aromatic heterocycles. The maximum Gasteiger partial charge on any atom is 0.357 e. The minimum absolute atomic E-state index is 0.326. The Bertz CT molecular complexity index is 307. The van der Waals surface area contributed by atoms with E-state index in [2.05, 4.69) is 9.72 Å². The number of esters is 1. The summed E-state index contributed by atoms with van der Waals surface area (Å²) < 4.78 is 4.64. The molecule has 0 bridgehead atoms. The number of nitrogens with zero attached hydrogens (tertiary/aromatic N) is 1. The highest BCUT2D eigenvalue weighted by atomic mass is 32.1. The van der Waals surface area contributed by atoms with Crippen molar-refractivity contribution in [2.75, 3.05) is 7.11 Å². The zero-order chi connectivity index (χ0) is 9.84. The summed E-state index contributed by atoms with van der Waals surface area (Å²) in [4.78, 5) is 16.5. The van der Waals surface area contributed by atoms with Crippen LogP contribution >= 0.6 is 11.3 Å². The molecule has 1 heterocycles. The average Bonchev–Trinajstić information content (AvgIpc) is 2.59. The van der Waals surface area contributed by atoms with Crippen molar-refractivity contribution < 1.29 is 9.53 Å². The molecule has 0 aliphatic heterocycles. The van der Waals surface area contributed by atoms with Crippen molar-refractivity contribution in [1.29, 1.82) is 0 Å². The van der Waals surface area contributed by atoms with E-state index in [1.807, 2.05) is 13.8 Å². The first-order chi connectivity index (χ1) is 6.22. The normalized spacial score (nSPS) is 10.1. The Balaban J connectivity index is 3.03. The zero-order valence-corrected chi connectivity index (χ0v) is 8.90. The van der Waals surface area contributed by atoms with Crippen molar-refractivity contribution >= 4 is 17.3 Å². The predicted molar refractivity (Wildman–Crippen MR) is 52.2 cm³/mol. The summed E-state index contributed by atoms with van der Waals surface area (Å²) >= 11 is 1.59. The summed E-state index contributed by atoms with van der Waals surface area (Å²) in [6, 6.07) is 0. The molecule has 0 saturated heterocycles. The van der Waals surface area contributed by atoms with Crippen LogP contribution in [-0.4, -0.2) is 18.1 Å². The molecule has 0 fully saturated rings. The third-order valence-electron chi connectivity index (χ3n) is 1.74. The largest absolute Gasteiger partial charge is 0.464 e. The number of hydrogen-bond donors (Lipinski definition) is 0. The van der Waals surface area contributed by atoms with E-state index < -0.39 is 0 Å². The smallest absolute Gasteiger partial charge is 0.357 e. The van der Waals surface area contributed by atoms with Crippen LogP contribution in [-0.2, 0) is 17.6 Å². The monoisotopic (exact) mass is 199 g/mol. The Morgan fingerprint density at radius 1 is 1.46 bits per heavy atom. The van der Waals surface area contributed by atoms with Crippen LogP contribution in [0.15, 0.2) is 0 Å². The Hall–Kier alpha value is -0.900. The van der Waals surface area contributed by atoms with Gasteiger partial charge >= 0.3 is 5.97 Å². The molecule has 0 aliphatic rings. The van der Waals surface area contributed by atoms with E-state index in [1.165, 1.54) is 7.11 Å². The maximum atomic E-state index is 11.2. The van der Waals surface area contributed by atoms with Crippen LogP contribution in [0, 0.1) is 0 Å². The third kappa shape index (κ3) is 2.06. The number of aromatic nitrogens is 1. The lowest BCUT2D eigenvalue weighted by Gasteiger charge is -1.95. The van der Waals surface area contributed by atoms with Crippen LogP contribution in [0.3, 0.4) is 0 Å². The predicted octanol–water partition coefficient (Wildman–Crippen LogP) is 2.05. The fraction of sp³-hybridized carbons (Fsp3) is 0.556. The summed E-state index contributed by atoms with van der Waals surface area (Å²) in [6.45, 7) is 4.04. The lowest BCUT2D eigenvalue weighted by atomic mass is 10.3. The van der Waals surface area contributed by atoms with E-state index in [0.29, 0.717) is 5.69 Å². The molecule has 1 aromatic rings. The summed E-state index contributed by atoms with van der Waals surface area (Å²) in [7, 11) is 1.38. The molecule has 0 radical (unpaired) electrons. The molecule has 0 amide bonds. The Kier molecular flexibility index (Phi) is 3.42. The molecule has 0 saturated carbocycles. The lowest BCUT2D eigenvalue weighted by Crippen LogP contribution is -2.04. The van der Waals surface area contributed by atoms with Gasteiger partial charge < -0.3 is 4.74 Å². The number of thiazole rings is 1. The minimum Gasteiger partial charge on any atom is -0.464 e. The van der Waals surface area contributed by atoms with Gasteiger partial charge in [0.05, 0.1) is 12.1 Å². The first-order valence-corrected chi connectivity index (χ1v) is 5.11. The van der Waals surface area contributed by atoms with Gasteiger partial charge in [-0.05, 0) is 12.8 Å². The van der Waals surface area contributed by atoms with Gasteiger partial charge in [0.15, 0.2) is 5.69 Å². The number of rotatable bonds is 3. The van der Waals surface area contributed by atoms with Gasteiger partial charge in [-0.2, -0.15) is 0 Å². The molecular weight excluding hydrogens is 186 g/mol. The Labute approximate surface area is 81.8 Å². The molecule has 0 spiro atoms. The molecule has 0 N–H and O–H groups in total. The SMILES string of the molecule is CCc1nc(C(=O)OC)c(CC)s1. The maximum absolute atomic E-state index is 11.2. The number of hydrogen-bond acceptors (Lipinski definition) is 4. The first-order valence-electron chi connectivity index (χ1n) is 4.29. The number of aryl methyl sites for hydroxylation is 2. The lowest BCUT2D eigenvalue weighted by molar-refractivity contribution is 0.0593. The summed E-state index contributed by atoms with van der Waals surface area (Å²) in [5.41, 5.74) is 0.492. The van der Waals surface area contributed by atoms with Crippen LogP contribution in [0.2, 0.25) is 0 Å². The third-order valence-corrected chi connectivity index (χ3v) is 3.09. The fourth-order valence-electron chi connectivity index (χ4n) is 1.05. The van der Waals surface area contributed by atoms with Gasteiger partial charge in [-0.3, -0.25) is 0 Å². The van der Waals surface area contributed by atoms with E-state index in [0.717, 1.165) is 22.7 Å². The second-order valence-corrected chi connectivity index (χ2v) is 3.75. The Morgan fingerprint density at radius 2 is 2.15 bits per heavy atom. The fourth-order valence-corrected chi connectivity index (χ4v) is 1.98. The van der Waals surface area contributed by atoms with Crippen molar-refractivity contribution in [2.24, 2.45) is 0 Å². The number of methoxy groups -OCH3 is 1. The van der Waals surface area contributed by atoms with Gasteiger partial charge in [-0.25, -0.2) is 9.78 Å². The summed E-state index contributed by atoms with van der Waals surface area (Å²) in [5.74, 6) is -0.326. The number of carbonyl (C=O) groups is 1. The first kappa shape index (κ1) is 10.2. The summed E-state index contributed by atoms with van der Waals surface area (Å²) in [6.07, 6.45) is 1.71. The van der Waals surface area contributed by atoms with Crippen LogP contribution in [0.4, 0.5) is 0 Å². The quantitative estimate of drug-likeness (QED) is 0.699. The molecule has 0 atom stereocenters. The minimum atomic E-state index is -0.326. The van der Waals surface area contributed by atoms with Gasteiger partial charge in [-0.15, -0.1) is 11.3 Å². The van der Waals surface area contributed by atoms with Crippen molar-refractivity contribution in [3.05, 3.63) is 15.6 Å². The second-order valence-electron chi connectivity index (χ2n) is 2.58. The molecule has 4 heteroatoms. The van der Waals surface area contributed by atoms with Crippen LogP contribution < -0.4 is 0 Å². The van der Waals surface area contributed by atoms with Crippen LogP contribution in [0.25, 0.3) is 0 Å². The van der Waals surface area contributed by atoms with Gasteiger partial charge in [0, 0.05) is 4.88 Å². The van der Waals surface area contributed by atoms with Crippen LogP contribution in [0.5, 0.6) is 0 Å². The van der Waals surface area contributed by atoms with E-state index >= 15 is 0 Å². The van der Waals surface area contributed by atoms with E-state index in [9.17, 15) is 4.79 Å². The standard InChI is InChI=1S/C9H13NO2S/c1-4-6-8(9(11)12-3)10-7(5-2)13-6/h4-5H2,1-3H3. The van der Waals surface area contributed by atoms with Crippen molar-refractivity contribution in [3.63, 3.8) is 0 Å². The van der Waals surface area contributed by atoms with Crippen molar-refractivity contribution in [2.45, 2.75) is 26.7 Å². The Morgan fingerprint density at radius 3 is 2.62 bits per heavy atom. The molecule has 0 aliphatic carbocycles. The molecule has 1 rings (SSSR count). The average molecular weight is 199 g/mol. The highest BCUT2D eigenvalue weighted by Crippen LogP contribution is 2.20. The van der Waals surface area contributed by atoms with Crippen molar-refractivity contribution in [1.82, 2.24) is 4.98 Å². The molecule has 13 heavy (non-hydrogen) atoms. The van der Waals surface area contributed by atoms with Crippen molar-refractivity contribution in [3.8, 4) is 0 Å². The van der Waals surface area contributed by atoms with Gasteiger partial charge in [-0.1, -0.05) is 13.8 Å². The van der Waals surface area contributed by atoms with Crippen LogP contribution in [0.1, 0.15) is 34.2 Å². The number of carbonyl (C=O) groups excluding carboxylic acids is 1. The van der Waals surface area contributed by atoms with Gasteiger partial charge in [0.2, 0.25) is 0 Å². The second kappa shape index (κ2) is 4.37. The number of ether oxygens (including phenoxy) is 1. The van der Waals surface area contributed by atoms with E-state index in [4.69, 9.17) is 0 Å². The highest BCUT2D eigenvalue weighted by molar-refractivity contribution is 7.11. The van der Waals surface area contributed by atoms with Gasteiger partial charge in [0.25, 0.3) is 0 Å².